The van der Waals surface area contributed by atoms with Gasteiger partial charge in [-0.1, -0.05) is 75.4 Å². The Bertz CT molecular complexity index is 943. The number of rotatable bonds is 8. The van der Waals surface area contributed by atoms with Crippen molar-refractivity contribution in [2.75, 3.05) is 13.6 Å². The first-order chi connectivity index (χ1) is 14.8. The molecule has 1 heterocycles. The summed E-state index contributed by atoms with van der Waals surface area (Å²) in [6.45, 7) is 6.93. The van der Waals surface area contributed by atoms with E-state index in [1.165, 1.54) is 5.56 Å². The van der Waals surface area contributed by atoms with E-state index < -0.39 is 17.5 Å². The second-order valence-corrected chi connectivity index (χ2v) is 8.44. The van der Waals surface area contributed by atoms with E-state index in [1.807, 2.05) is 32.2 Å². The third-order valence-corrected chi connectivity index (χ3v) is 5.74. The largest absolute Gasteiger partial charge is 0.344 e. The maximum atomic E-state index is 13.1. The minimum Gasteiger partial charge on any atom is -0.326 e. The van der Waals surface area contributed by atoms with E-state index in [1.54, 1.807) is 12.1 Å². The zero-order chi connectivity index (χ0) is 22.6. The smallest absolute Gasteiger partial charge is 0.326 e. The van der Waals surface area contributed by atoms with Crippen molar-refractivity contribution in [1.29, 1.82) is 0 Å². The van der Waals surface area contributed by atoms with Gasteiger partial charge in [0.1, 0.15) is 12.1 Å². The van der Waals surface area contributed by atoms with Crippen molar-refractivity contribution in [2.45, 2.75) is 45.2 Å². The number of quaternary nitrogens is 1. The van der Waals surface area contributed by atoms with Crippen molar-refractivity contribution < 1.29 is 19.3 Å². The SMILES string of the molecule is CC[C@]1(c2ccccc2)NC(=O)N(NC(=O)C[NH+](C)Cc2ccc(C(C)C)cc2)C1=O. The summed E-state index contributed by atoms with van der Waals surface area (Å²) in [5.74, 6) is -0.388. The molecule has 0 bridgehead atoms. The lowest BCUT2D eigenvalue weighted by molar-refractivity contribution is -0.885. The van der Waals surface area contributed by atoms with Crippen LogP contribution in [0.4, 0.5) is 4.79 Å². The molecule has 7 heteroatoms. The zero-order valence-electron chi connectivity index (χ0n) is 18.6. The number of hydrogen-bond acceptors (Lipinski definition) is 3. The number of nitrogens with zero attached hydrogens (tertiary/aromatic N) is 1. The summed E-state index contributed by atoms with van der Waals surface area (Å²) in [6, 6.07) is 16.8. The van der Waals surface area contributed by atoms with Crippen LogP contribution in [-0.2, 0) is 21.7 Å². The number of nitrogens with one attached hydrogen (secondary N) is 3. The molecule has 4 amide bonds. The maximum absolute atomic E-state index is 13.1. The third kappa shape index (κ3) is 4.77. The minimum atomic E-state index is -1.16. The van der Waals surface area contributed by atoms with Crippen LogP contribution in [-0.4, -0.2) is 36.4 Å². The number of likely N-dealkylation sites (N-methyl/N-ethyl adjacent to an activating group) is 1. The first kappa shape index (κ1) is 22.5. The molecule has 0 spiro atoms. The molecule has 31 heavy (non-hydrogen) atoms. The van der Waals surface area contributed by atoms with Crippen molar-refractivity contribution in [3.8, 4) is 0 Å². The van der Waals surface area contributed by atoms with Crippen molar-refractivity contribution in [3.05, 3.63) is 71.3 Å². The Morgan fingerprint density at radius 1 is 1.10 bits per heavy atom. The van der Waals surface area contributed by atoms with E-state index in [9.17, 15) is 14.4 Å². The quantitative estimate of drug-likeness (QED) is 0.566. The number of carbonyl (C=O) groups excluding carboxylic acids is 3. The molecule has 7 nitrogen and oxygen atoms in total. The molecule has 0 radical (unpaired) electrons. The Morgan fingerprint density at radius 3 is 2.32 bits per heavy atom. The summed E-state index contributed by atoms with van der Waals surface area (Å²) in [7, 11) is 1.90. The molecule has 3 N–H and O–H groups in total. The van der Waals surface area contributed by atoms with Gasteiger partial charge in [0.15, 0.2) is 6.54 Å². The van der Waals surface area contributed by atoms with Crippen LogP contribution in [0.25, 0.3) is 0 Å². The van der Waals surface area contributed by atoms with Gasteiger partial charge >= 0.3 is 6.03 Å². The number of amides is 4. The Morgan fingerprint density at radius 2 is 1.74 bits per heavy atom. The molecule has 0 aliphatic carbocycles. The fraction of sp³-hybridized carbons (Fsp3) is 0.375. The summed E-state index contributed by atoms with van der Waals surface area (Å²) in [5, 5.41) is 3.57. The molecule has 2 aromatic rings. The molecule has 0 aromatic heterocycles. The molecule has 0 saturated carbocycles. The van der Waals surface area contributed by atoms with E-state index >= 15 is 0 Å². The van der Waals surface area contributed by atoms with Gasteiger partial charge in [0.2, 0.25) is 0 Å². The monoisotopic (exact) mass is 423 g/mol. The van der Waals surface area contributed by atoms with Crippen molar-refractivity contribution in [3.63, 3.8) is 0 Å². The summed E-state index contributed by atoms with van der Waals surface area (Å²) in [5.41, 5.74) is 4.42. The molecule has 164 valence electrons. The van der Waals surface area contributed by atoms with Crippen LogP contribution in [0, 0.1) is 0 Å². The van der Waals surface area contributed by atoms with Gasteiger partial charge in [0.25, 0.3) is 11.8 Å². The lowest BCUT2D eigenvalue weighted by Gasteiger charge is -2.25. The maximum Gasteiger partial charge on any atom is 0.344 e. The number of imide groups is 1. The van der Waals surface area contributed by atoms with Crippen LogP contribution in [0.2, 0.25) is 0 Å². The van der Waals surface area contributed by atoms with Crippen LogP contribution in [0.1, 0.15) is 49.8 Å². The summed E-state index contributed by atoms with van der Waals surface area (Å²) < 4.78 is 0. The van der Waals surface area contributed by atoms with Gasteiger partial charge in [-0.3, -0.25) is 15.0 Å². The zero-order valence-corrected chi connectivity index (χ0v) is 18.6. The van der Waals surface area contributed by atoms with Gasteiger partial charge in [-0.25, -0.2) is 4.79 Å². The molecule has 2 aromatic carbocycles. The minimum absolute atomic E-state index is 0.132. The van der Waals surface area contributed by atoms with Gasteiger partial charge in [-0.2, -0.15) is 5.01 Å². The Balaban J connectivity index is 1.62. The third-order valence-electron chi connectivity index (χ3n) is 5.74. The number of hydrazine groups is 1. The fourth-order valence-corrected chi connectivity index (χ4v) is 3.91. The topological polar surface area (TPSA) is 83.0 Å². The van der Waals surface area contributed by atoms with Crippen LogP contribution >= 0.6 is 0 Å². The van der Waals surface area contributed by atoms with E-state index in [0.717, 1.165) is 15.5 Å². The number of hydrogen-bond donors (Lipinski definition) is 3. The van der Waals surface area contributed by atoms with Crippen LogP contribution < -0.4 is 15.6 Å². The highest BCUT2D eigenvalue weighted by atomic mass is 16.2. The van der Waals surface area contributed by atoms with Gasteiger partial charge < -0.3 is 10.2 Å². The summed E-state index contributed by atoms with van der Waals surface area (Å²) in [4.78, 5) is 39.1. The van der Waals surface area contributed by atoms with Gasteiger partial charge in [-0.15, -0.1) is 0 Å². The van der Waals surface area contributed by atoms with Crippen molar-refractivity contribution in [1.82, 2.24) is 15.8 Å². The molecular weight excluding hydrogens is 392 g/mol. The standard InChI is InChI=1S/C24H30N4O3/c1-5-24(20-9-7-6-8-10-20)22(30)28(23(31)25-24)26-21(29)16-27(4)15-18-11-13-19(14-12-18)17(2)3/h6-14,17H,5,15-16H2,1-4H3,(H,25,31)(H,26,29)/p+1/t24-/m1/s1. The molecule has 3 rings (SSSR count). The molecule has 1 saturated heterocycles. The Hall–Kier alpha value is -3.19. The van der Waals surface area contributed by atoms with Gasteiger partial charge in [0.05, 0.1) is 7.05 Å². The van der Waals surface area contributed by atoms with Crippen LogP contribution in [0.5, 0.6) is 0 Å². The molecule has 1 aliphatic rings. The van der Waals surface area contributed by atoms with E-state index in [4.69, 9.17) is 0 Å². The number of carbonyl (C=O) groups is 3. The summed E-state index contributed by atoms with van der Waals surface area (Å²) >= 11 is 0. The van der Waals surface area contributed by atoms with Gasteiger partial charge in [-0.05, 0) is 23.5 Å². The van der Waals surface area contributed by atoms with Crippen LogP contribution in [0.3, 0.4) is 0 Å². The fourth-order valence-electron chi connectivity index (χ4n) is 3.91. The predicted molar refractivity (Wildman–Crippen MR) is 118 cm³/mol. The average molecular weight is 424 g/mol. The molecule has 2 atom stereocenters. The predicted octanol–water partition coefficient (Wildman–Crippen LogP) is 1.71. The molecular formula is C24H31N4O3+. The summed E-state index contributed by atoms with van der Waals surface area (Å²) in [6.07, 6.45) is 0.380. The molecule has 1 unspecified atom stereocenters. The normalized spacial score (nSPS) is 19.5. The van der Waals surface area contributed by atoms with E-state index in [-0.39, 0.29) is 12.5 Å². The lowest BCUT2D eigenvalue weighted by atomic mass is 9.87. The van der Waals surface area contributed by atoms with Crippen LogP contribution in [0.15, 0.2) is 54.6 Å². The lowest BCUT2D eigenvalue weighted by Crippen LogP contribution is -3.09. The Kier molecular flexibility index (Phi) is 6.75. The van der Waals surface area contributed by atoms with E-state index in [2.05, 4.69) is 48.9 Å². The van der Waals surface area contributed by atoms with Crippen molar-refractivity contribution >= 4 is 17.8 Å². The molecule has 1 aliphatic heterocycles. The first-order valence-electron chi connectivity index (χ1n) is 10.7. The molecule has 1 fully saturated rings. The first-order valence-corrected chi connectivity index (χ1v) is 10.7. The highest BCUT2D eigenvalue weighted by Gasteiger charge is 2.52. The number of urea groups is 1. The highest BCUT2D eigenvalue weighted by Crippen LogP contribution is 2.31. The average Bonchev–Trinajstić information content (AvgIpc) is 2.99. The number of benzene rings is 2. The van der Waals surface area contributed by atoms with E-state index in [0.29, 0.717) is 24.4 Å². The second-order valence-electron chi connectivity index (χ2n) is 8.44. The Labute approximate surface area is 183 Å². The van der Waals surface area contributed by atoms with Gasteiger partial charge in [0, 0.05) is 5.56 Å². The van der Waals surface area contributed by atoms with Crippen molar-refractivity contribution in [2.24, 2.45) is 0 Å². The highest BCUT2D eigenvalue weighted by molar-refractivity contribution is 6.08. The second kappa shape index (κ2) is 9.31.